The molecule has 0 saturated carbocycles. The van der Waals surface area contributed by atoms with E-state index in [1.54, 1.807) is 0 Å². The number of hydrogen-bond donors (Lipinski definition) is 0. The van der Waals surface area contributed by atoms with Crippen LogP contribution in [0.1, 0.15) is 25.7 Å². The van der Waals surface area contributed by atoms with E-state index < -0.39 is 29.7 Å². The minimum Gasteiger partial charge on any atom is -0.381 e. The maximum atomic E-state index is 13.1. The first-order valence-electron chi connectivity index (χ1n) is 6.29. The molecule has 7 heteroatoms. The van der Waals surface area contributed by atoms with Crippen LogP contribution in [0.4, 0.5) is 17.6 Å². The first-order chi connectivity index (χ1) is 8.87. The SMILES string of the molecule is O=C(C1CCOC2(CCOCC2)C1)C(F)(F)C(F)F. The standard InChI is InChI=1S/C12H16F4O3/c13-10(14)12(15,16)9(17)8-1-4-19-11(7-8)2-5-18-6-3-11/h8,10H,1-7H2. The lowest BCUT2D eigenvalue weighted by Gasteiger charge is -2.43. The number of alkyl halides is 4. The van der Waals surface area contributed by atoms with Crippen molar-refractivity contribution in [2.75, 3.05) is 19.8 Å². The smallest absolute Gasteiger partial charge is 0.364 e. The zero-order valence-electron chi connectivity index (χ0n) is 10.3. The molecule has 2 heterocycles. The number of Topliss-reactive ketones (excluding diaryl/α,β-unsaturated/α-hetero) is 1. The maximum absolute atomic E-state index is 13.1. The van der Waals surface area contributed by atoms with Gasteiger partial charge in [-0.1, -0.05) is 0 Å². The number of ketones is 1. The van der Waals surface area contributed by atoms with Crippen molar-refractivity contribution in [1.82, 2.24) is 0 Å². The highest BCUT2D eigenvalue weighted by Crippen LogP contribution is 2.40. The van der Waals surface area contributed by atoms with Crippen molar-refractivity contribution in [2.45, 2.75) is 43.6 Å². The van der Waals surface area contributed by atoms with E-state index in [4.69, 9.17) is 9.47 Å². The van der Waals surface area contributed by atoms with Gasteiger partial charge in [0.25, 0.3) is 0 Å². The molecule has 0 aromatic rings. The molecule has 2 aliphatic rings. The molecule has 0 N–H and O–H groups in total. The molecule has 2 saturated heterocycles. The predicted molar refractivity (Wildman–Crippen MR) is 57.4 cm³/mol. The normalized spacial score (nSPS) is 27.7. The lowest BCUT2D eigenvalue weighted by Crippen LogP contribution is -2.50. The third-order valence-electron chi connectivity index (χ3n) is 3.87. The molecule has 3 nitrogen and oxygen atoms in total. The van der Waals surface area contributed by atoms with Gasteiger partial charge in [-0.15, -0.1) is 0 Å². The molecule has 1 spiro atoms. The number of halogens is 4. The molecule has 0 radical (unpaired) electrons. The highest BCUT2D eigenvalue weighted by atomic mass is 19.3. The van der Waals surface area contributed by atoms with E-state index >= 15 is 0 Å². The fourth-order valence-electron chi connectivity index (χ4n) is 2.72. The monoisotopic (exact) mass is 284 g/mol. The number of hydrogen-bond acceptors (Lipinski definition) is 3. The van der Waals surface area contributed by atoms with Gasteiger partial charge in [0.1, 0.15) is 0 Å². The summed E-state index contributed by atoms with van der Waals surface area (Å²) in [5.41, 5.74) is -0.658. The fourth-order valence-corrected chi connectivity index (χ4v) is 2.72. The van der Waals surface area contributed by atoms with Gasteiger partial charge in [-0.3, -0.25) is 4.79 Å². The predicted octanol–water partition coefficient (Wildman–Crippen LogP) is 2.43. The van der Waals surface area contributed by atoms with Crippen molar-refractivity contribution in [3.8, 4) is 0 Å². The fraction of sp³-hybridized carbons (Fsp3) is 0.917. The summed E-state index contributed by atoms with van der Waals surface area (Å²) in [7, 11) is 0. The van der Waals surface area contributed by atoms with Crippen molar-refractivity contribution >= 4 is 5.78 Å². The Hall–Kier alpha value is -0.690. The van der Waals surface area contributed by atoms with Gasteiger partial charge in [-0.2, -0.15) is 8.78 Å². The van der Waals surface area contributed by atoms with Crippen LogP contribution in [0, 0.1) is 5.92 Å². The van der Waals surface area contributed by atoms with Crippen molar-refractivity contribution in [3.05, 3.63) is 0 Å². The van der Waals surface area contributed by atoms with Gasteiger partial charge in [0.2, 0.25) is 5.78 Å². The lowest BCUT2D eigenvalue weighted by atomic mass is 9.78. The Bertz CT molecular complexity index is 334. The minimum absolute atomic E-state index is 0.0732. The summed E-state index contributed by atoms with van der Waals surface area (Å²) in [5, 5.41) is 0. The van der Waals surface area contributed by atoms with E-state index in [9.17, 15) is 22.4 Å². The zero-order chi connectivity index (χ0) is 14.1. The third kappa shape index (κ3) is 2.91. The van der Waals surface area contributed by atoms with E-state index in [0.29, 0.717) is 26.1 Å². The van der Waals surface area contributed by atoms with Crippen LogP contribution in [-0.2, 0) is 14.3 Å². The second-order valence-corrected chi connectivity index (χ2v) is 5.12. The molecule has 110 valence electrons. The van der Waals surface area contributed by atoms with Crippen LogP contribution in [-0.4, -0.2) is 43.6 Å². The van der Waals surface area contributed by atoms with E-state index in [0.717, 1.165) is 0 Å². The third-order valence-corrected chi connectivity index (χ3v) is 3.87. The second-order valence-electron chi connectivity index (χ2n) is 5.12. The second kappa shape index (κ2) is 5.36. The molecule has 0 aliphatic carbocycles. The van der Waals surface area contributed by atoms with Gasteiger partial charge >= 0.3 is 12.3 Å². The van der Waals surface area contributed by atoms with Crippen molar-refractivity contribution < 1.29 is 31.8 Å². The van der Waals surface area contributed by atoms with Gasteiger partial charge in [-0.25, -0.2) is 8.78 Å². The van der Waals surface area contributed by atoms with Gasteiger partial charge < -0.3 is 9.47 Å². The highest BCUT2D eigenvalue weighted by Gasteiger charge is 2.53. The Balaban J connectivity index is 2.07. The molecule has 2 aliphatic heterocycles. The Labute approximate surface area is 108 Å². The van der Waals surface area contributed by atoms with Crippen molar-refractivity contribution in [2.24, 2.45) is 5.92 Å². The van der Waals surface area contributed by atoms with E-state index in [1.165, 1.54) is 0 Å². The van der Waals surface area contributed by atoms with Crippen molar-refractivity contribution in [1.29, 1.82) is 0 Å². The Morgan fingerprint density at radius 3 is 2.42 bits per heavy atom. The first-order valence-corrected chi connectivity index (χ1v) is 6.29. The largest absolute Gasteiger partial charge is 0.381 e. The molecule has 1 atom stereocenters. The van der Waals surface area contributed by atoms with Crippen LogP contribution in [0.25, 0.3) is 0 Å². The van der Waals surface area contributed by atoms with Crippen LogP contribution < -0.4 is 0 Å². The molecule has 0 amide bonds. The van der Waals surface area contributed by atoms with E-state index in [-0.39, 0.29) is 19.4 Å². The van der Waals surface area contributed by atoms with E-state index in [1.807, 2.05) is 0 Å². The number of carbonyl (C=O) groups excluding carboxylic acids is 1. The summed E-state index contributed by atoms with van der Waals surface area (Å²) < 4.78 is 61.4. The summed E-state index contributed by atoms with van der Waals surface area (Å²) in [6.07, 6.45) is -2.77. The summed E-state index contributed by atoms with van der Waals surface area (Å²) in [6.45, 7) is 1.02. The van der Waals surface area contributed by atoms with E-state index in [2.05, 4.69) is 0 Å². The first kappa shape index (κ1) is 14.7. The maximum Gasteiger partial charge on any atom is 0.364 e. The zero-order valence-corrected chi connectivity index (χ0v) is 10.3. The van der Waals surface area contributed by atoms with Crippen LogP contribution in [0.2, 0.25) is 0 Å². The lowest BCUT2D eigenvalue weighted by molar-refractivity contribution is -0.185. The Kier molecular flexibility index (Phi) is 4.15. The average molecular weight is 284 g/mol. The molecule has 2 rings (SSSR count). The molecule has 0 aromatic heterocycles. The Morgan fingerprint density at radius 2 is 1.84 bits per heavy atom. The van der Waals surface area contributed by atoms with Crippen molar-refractivity contribution in [3.63, 3.8) is 0 Å². The van der Waals surface area contributed by atoms with Gasteiger partial charge in [0.05, 0.1) is 5.60 Å². The summed E-state index contributed by atoms with van der Waals surface area (Å²) in [5.74, 6) is -7.28. The quantitative estimate of drug-likeness (QED) is 0.747. The molecular formula is C12H16F4O3. The molecule has 2 fully saturated rings. The number of carbonyl (C=O) groups is 1. The average Bonchev–Trinajstić information content (AvgIpc) is 2.38. The molecule has 19 heavy (non-hydrogen) atoms. The molecule has 1 unspecified atom stereocenters. The summed E-state index contributed by atoms with van der Waals surface area (Å²) in [4.78, 5) is 11.6. The number of rotatable bonds is 3. The summed E-state index contributed by atoms with van der Waals surface area (Å²) >= 11 is 0. The van der Waals surface area contributed by atoms with Crippen LogP contribution in [0.5, 0.6) is 0 Å². The topological polar surface area (TPSA) is 35.5 Å². The Morgan fingerprint density at radius 1 is 1.21 bits per heavy atom. The molecule has 0 aromatic carbocycles. The van der Waals surface area contributed by atoms with Crippen LogP contribution >= 0.6 is 0 Å². The highest BCUT2D eigenvalue weighted by molar-refractivity contribution is 5.88. The number of ether oxygens (including phenoxy) is 2. The van der Waals surface area contributed by atoms with Crippen LogP contribution in [0.15, 0.2) is 0 Å². The molecular weight excluding hydrogens is 268 g/mol. The summed E-state index contributed by atoms with van der Waals surface area (Å²) in [6, 6.07) is 0. The van der Waals surface area contributed by atoms with Crippen LogP contribution in [0.3, 0.4) is 0 Å². The van der Waals surface area contributed by atoms with Gasteiger partial charge in [0, 0.05) is 25.7 Å². The van der Waals surface area contributed by atoms with Gasteiger partial charge in [0.15, 0.2) is 0 Å². The molecule has 0 bridgehead atoms. The van der Waals surface area contributed by atoms with Gasteiger partial charge in [-0.05, 0) is 25.7 Å². The minimum atomic E-state index is -4.56.